The maximum Gasteiger partial charge on any atom is 0.258 e. The molecular weight excluding hydrogens is 360 g/mol. The Bertz CT molecular complexity index is 947. The van der Waals surface area contributed by atoms with Gasteiger partial charge in [0.25, 0.3) is 5.91 Å². The van der Waals surface area contributed by atoms with E-state index in [0.29, 0.717) is 41.0 Å². The van der Waals surface area contributed by atoms with Crippen molar-refractivity contribution in [1.29, 1.82) is 0 Å². The van der Waals surface area contributed by atoms with Crippen molar-refractivity contribution < 1.29 is 14.3 Å². The molecule has 3 aromatic rings. The molecular formula is C21H18N2O3S. The summed E-state index contributed by atoms with van der Waals surface area (Å²) < 4.78 is 11.3. The van der Waals surface area contributed by atoms with Gasteiger partial charge in [-0.25, -0.2) is 4.98 Å². The molecule has 0 aliphatic carbocycles. The van der Waals surface area contributed by atoms with Gasteiger partial charge in [0.1, 0.15) is 5.03 Å². The molecule has 2 heterocycles. The maximum atomic E-state index is 12.8. The van der Waals surface area contributed by atoms with E-state index in [1.165, 1.54) is 11.8 Å². The number of hydrogen-bond acceptors (Lipinski definition) is 5. The van der Waals surface area contributed by atoms with Gasteiger partial charge in [0.05, 0.1) is 18.8 Å². The second-order valence-corrected chi connectivity index (χ2v) is 7.00. The smallest absolute Gasteiger partial charge is 0.258 e. The number of anilines is 1. The summed E-state index contributed by atoms with van der Waals surface area (Å²) in [7, 11) is 0. The van der Waals surface area contributed by atoms with Crippen molar-refractivity contribution in [2.45, 2.75) is 16.3 Å². The van der Waals surface area contributed by atoms with Gasteiger partial charge < -0.3 is 14.8 Å². The fraction of sp³-hybridized carbons (Fsp3) is 0.143. The molecule has 0 fully saturated rings. The first-order valence-electron chi connectivity index (χ1n) is 8.68. The van der Waals surface area contributed by atoms with Gasteiger partial charge >= 0.3 is 0 Å². The van der Waals surface area contributed by atoms with Crippen LogP contribution in [0.25, 0.3) is 0 Å². The third-order valence-corrected chi connectivity index (χ3v) is 5.01. The van der Waals surface area contributed by atoms with E-state index in [4.69, 9.17) is 9.47 Å². The van der Waals surface area contributed by atoms with E-state index < -0.39 is 0 Å². The molecule has 4 rings (SSSR count). The molecule has 0 unspecified atom stereocenters. The zero-order valence-corrected chi connectivity index (χ0v) is 15.4. The van der Waals surface area contributed by atoms with Crippen LogP contribution in [0.15, 0.2) is 76.8 Å². The van der Waals surface area contributed by atoms with Crippen LogP contribution in [0.2, 0.25) is 0 Å². The first-order valence-corrected chi connectivity index (χ1v) is 9.50. The number of nitrogens with one attached hydrogen (secondary N) is 1. The summed E-state index contributed by atoms with van der Waals surface area (Å²) in [4.78, 5) is 18.2. The molecule has 0 atom stereocenters. The summed E-state index contributed by atoms with van der Waals surface area (Å²) in [5.74, 6) is 1.14. The summed E-state index contributed by atoms with van der Waals surface area (Å²) in [5.41, 5.74) is 1.18. The molecule has 0 bridgehead atoms. The first kappa shape index (κ1) is 17.4. The van der Waals surface area contributed by atoms with Crippen molar-refractivity contribution >= 4 is 23.4 Å². The Balaban J connectivity index is 1.54. The number of hydrogen-bond donors (Lipinski definition) is 1. The third kappa shape index (κ3) is 4.23. The molecule has 1 aliphatic rings. The van der Waals surface area contributed by atoms with Crippen LogP contribution in [-0.4, -0.2) is 24.1 Å². The number of benzene rings is 2. The number of amides is 1. The summed E-state index contributed by atoms with van der Waals surface area (Å²) in [5, 5.41) is 3.59. The normalized spacial score (nSPS) is 12.9. The van der Waals surface area contributed by atoms with E-state index in [1.54, 1.807) is 24.4 Å². The van der Waals surface area contributed by atoms with Crippen LogP contribution in [-0.2, 0) is 0 Å². The molecule has 1 N–H and O–H groups in total. The monoisotopic (exact) mass is 378 g/mol. The average molecular weight is 378 g/mol. The van der Waals surface area contributed by atoms with Crippen LogP contribution in [0.1, 0.15) is 16.8 Å². The molecule has 0 spiro atoms. The van der Waals surface area contributed by atoms with Crippen LogP contribution >= 0.6 is 11.8 Å². The van der Waals surface area contributed by atoms with E-state index in [0.717, 1.165) is 11.3 Å². The number of nitrogens with zero attached hydrogens (tertiary/aromatic N) is 1. The lowest BCUT2D eigenvalue weighted by atomic mass is 10.2. The number of aromatic nitrogens is 1. The topological polar surface area (TPSA) is 60.5 Å². The van der Waals surface area contributed by atoms with Gasteiger partial charge in [0.2, 0.25) is 0 Å². The lowest BCUT2D eigenvalue weighted by Crippen LogP contribution is -2.13. The van der Waals surface area contributed by atoms with Crippen LogP contribution < -0.4 is 14.8 Å². The largest absolute Gasteiger partial charge is 0.490 e. The molecule has 136 valence electrons. The number of pyridine rings is 1. The highest BCUT2D eigenvalue weighted by molar-refractivity contribution is 7.99. The second-order valence-electron chi connectivity index (χ2n) is 5.94. The van der Waals surface area contributed by atoms with Gasteiger partial charge in [0, 0.05) is 29.3 Å². The SMILES string of the molecule is O=C(Nc1ccc2c(c1)OCCCO2)c1cccnc1Sc1ccccc1. The molecule has 0 saturated carbocycles. The van der Waals surface area contributed by atoms with Crippen molar-refractivity contribution in [3.05, 3.63) is 72.4 Å². The van der Waals surface area contributed by atoms with Crippen molar-refractivity contribution in [3.63, 3.8) is 0 Å². The Labute approximate surface area is 161 Å². The predicted molar refractivity (Wildman–Crippen MR) is 105 cm³/mol. The Hall–Kier alpha value is -2.99. The van der Waals surface area contributed by atoms with E-state index in [-0.39, 0.29) is 5.91 Å². The summed E-state index contributed by atoms with van der Waals surface area (Å²) in [6.45, 7) is 1.24. The zero-order valence-electron chi connectivity index (χ0n) is 14.6. The summed E-state index contributed by atoms with van der Waals surface area (Å²) in [6, 6.07) is 18.8. The number of rotatable bonds is 4. The Morgan fingerprint density at radius 2 is 1.78 bits per heavy atom. The molecule has 2 aromatic carbocycles. The van der Waals surface area contributed by atoms with Crippen molar-refractivity contribution in [2.75, 3.05) is 18.5 Å². The summed E-state index contributed by atoms with van der Waals surface area (Å²) in [6.07, 6.45) is 2.53. The van der Waals surface area contributed by atoms with Crippen LogP contribution in [0, 0.1) is 0 Å². The van der Waals surface area contributed by atoms with Gasteiger partial charge in [-0.05, 0) is 36.4 Å². The minimum atomic E-state index is -0.212. The molecule has 6 heteroatoms. The van der Waals surface area contributed by atoms with E-state index in [9.17, 15) is 4.79 Å². The number of fused-ring (bicyclic) bond motifs is 1. The molecule has 0 radical (unpaired) electrons. The van der Waals surface area contributed by atoms with Crippen LogP contribution in [0.4, 0.5) is 5.69 Å². The van der Waals surface area contributed by atoms with Gasteiger partial charge in [-0.3, -0.25) is 4.79 Å². The van der Waals surface area contributed by atoms with E-state index in [2.05, 4.69) is 10.3 Å². The van der Waals surface area contributed by atoms with Gasteiger partial charge in [-0.15, -0.1) is 0 Å². The second kappa shape index (κ2) is 8.14. The van der Waals surface area contributed by atoms with Gasteiger partial charge in [-0.1, -0.05) is 30.0 Å². The lowest BCUT2D eigenvalue weighted by molar-refractivity contribution is 0.102. The number of carbonyl (C=O) groups excluding carboxylic acids is 1. The Morgan fingerprint density at radius 1 is 0.963 bits per heavy atom. The van der Waals surface area contributed by atoms with E-state index >= 15 is 0 Å². The highest BCUT2D eigenvalue weighted by Gasteiger charge is 2.16. The molecule has 1 aromatic heterocycles. The number of carbonyl (C=O) groups is 1. The van der Waals surface area contributed by atoms with Crippen LogP contribution in [0.3, 0.4) is 0 Å². The molecule has 5 nitrogen and oxygen atoms in total. The predicted octanol–water partition coefficient (Wildman–Crippen LogP) is 4.65. The maximum absolute atomic E-state index is 12.8. The average Bonchev–Trinajstić information content (AvgIpc) is 2.94. The third-order valence-electron chi connectivity index (χ3n) is 3.98. The summed E-state index contributed by atoms with van der Waals surface area (Å²) >= 11 is 1.46. The highest BCUT2D eigenvalue weighted by Crippen LogP contribution is 2.33. The lowest BCUT2D eigenvalue weighted by Gasteiger charge is -2.12. The molecule has 1 amide bonds. The van der Waals surface area contributed by atoms with Gasteiger partial charge in [-0.2, -0.15) is 0 Å². The molecule has 1 aliphatic heterocycles. The van der Waals surface area contributed by atoms with Crippen molar-refractivity contribution in [1.82, 2.24) is 4.98 Å². The minimum absolute atomic E-state index is 0.212. The fourth-order valence-corrected chi connectivity index (χ4v) is 3.59. The van der Waals surface area contributed by atoms with Gasteiger partial charge in [0.15, 0.2) is 11.5 Å². The standard InChI is InChI=1S/C21H18N2O3S/c24-20(23-15-9-10-18-19(14-15)26-13-5-12-25-18)17-8-4-11-22-21(17)27-16-6-2-1-3-7-16/h1-4,6-11,14H,5,12-13H2,(H,23,24). The molecule has 0 saturated heterocycles. The van der Waals surface area contributed by atoms with Crippen LogP contribution in [0.5, 0.6) is 11.5 Å². The Kier molecular flexibility index (Phi) is 5.25. The van der Waals surface area contributed by atoms with Crippen molar-refractivity contribution in [2.24, 2.45) is 0 Å². The quantitative estimate of drug-likeness (QED) is 0.716. The molecule has 27 heavy (non-hydrogen) atoms. The highest BCUT2D eigenvalue weighted by atomic mass is 32.2. The number of ether oxygens (including phenoxy) is 2. The van der Waals surface area contributed by atoms with E-state index in [1.807, 2.05) is 42.5 Å². The minimum Gasteiger partial charge on any atom is -0.490 e. The fourth-order valence-electron chi connectivity index (χ4n) is 2.68. The Morgan fingerprint density at radius 3 is 2.63 bits per heavy atom. The first-order chi connectivity index (χ1) is 13.3. The zero-order chi connectivity index (χ0) is 18.5. The van der Waals surface area contributed by atoms with Crippen molar-refractivity contribution in [3.8, 4) is 11.5 Å².